The second kappa shape index (κ2) is 11.3. The molecule has 0 amide bonds. The molecule has 26 heavy (non-hydrogen) atoms. The van der Waals surface area contributed by atoms with Gasteiger partial charge in [-0.25, -0.2) is 0 Å². The fraction of sp³-hybridized carbons (Fsp3) is 0.895. The van der Waals surface area contributed by atoms with E-state index in [0.29, 0.717) is 12.5 Å². The van der Waals surface area contributed by atoms with Crippen molar-refractivity contribution in [1.29, 1.82) is 0 Å². The zero-order valence-corrected chi connectivity index (χ0v) is 18.5. The maximum atomic E-state index is 11.9. The van der Waals surface area contributed by atoms with Crippen LogP contribution in [-0.4, -0.2) is 73.6 Å². The van der Waals surface area contributed by atoms with Crippen LogP contribution in [0.25, 0.3) is 0 Å². The molecule has 1 atom stereocenters. The van der Waals surface area contributed by atoms with Gasteiger partial charge in [-0.2, -0.15) is 0 Å². The van der Waals surface area contributed by atoms with Crippen molar-refractivity contribution in [3.63, 3.8) is 0 Å². The first-order valence-electron chi connectivity index (χ1n) is 10.2. The Morgan fingerprint density at radius 2 is 1.85 bits per heavy atom. The number of ether oxygens (including phenoxy) is 1. The van der Waals surface area contributed by atoms with Gasteiger partial charge in [0, 0.05) is 39.1 Å². The number of hydrogen-bond donors (Lipinski definition) is 1. The van der Waals surface area contributed by atoms with Crippen LogP contribution in [-0.2, 0) is 9.53 Å². The summed E-state index contributed by atoms with van der Waals surface area (Å²) in [6, 6.07) is 0.683. The molecule has 2 saturated heterocycles. The van der Waals surface area contributed by atoms with Crippen molar-refractivity contribution in [2.24, 2.45) is 4.99 Å². The highest BCUT2D eigenvalue weighted by molar-refractivity contribution is 14.0. The molecule has 3 aliphatic rings. The molecule has 0 aromatic rings. The standard InChI is InChI=1S/C19H34N4O2.HI/c1-20-19(23-14-10-16(15-23)22-12-4-5-13-22)21-11-6-9-18(24)25-17-7-2-3-8-17;/h16-17H,2-15H2,1H3,(H,20,21);1H. The molecule has 1 unspecified atom stereocenters. The Balaban J connectivity index is 0.00000243. The summed E-state index contributed by atoms with van der Waals surface area (Å²) in [7, 11) is 1.85. The van der Waals surface area contributed by atoms with Gasteiger partial charge in [-0.15, -0.1) is 24.0 Å². The topological polar surface area (TPSA) is 57.2 Å². The maximum Gasteiger partial charge on any atom is 0.306 e. The van der Waals surface area contributed by atoms with Gasteiger partial charge in [-0.1, -0.05) is 0 Å². The largest absolute Gasteiger partial charge is 0.462 e. The molecule has 1 saturated carbocycles. The summed E-state index contributed by atoms with van der Waals surface area (Å²) in [5.74, 6) is 0.935. The van der Waals surface area contributed by atoms with Gasteiger partial charge >= 0.3 is 5.97 Å². The number of likely N-dealkylation sites (tertiary alicyclic amines) is 2. The molecule has 1 N–H and O–H groups in total. The van der Waals surface area contributed by atoms with Crippen molar-refractivity contribution in [2.75, 3.05) is 39.8 Å². The molecular weight excluding hydrogens is 443 g/mol. The van der Waals surface area contributed by atoms with Crippen LogP contribution in [0.5, 0.6) is 0 Å². The van der Waals surface area contributed by atoms with E-state index in [1.807, 2.05) is 7.05 Å². The molecule has 0 bridgehead atoms. The number of guanidine groups is 1. The maximum absolute atomic E-state index is 11.9. The molecule has 7 heteroatoms. The van der Waals surface area contributed by atoms with Crippen LogP contribution < -0.4 is 5.32 Å². The molecule has 0 radical (unpaired) electrons. The quantitative estimate of drug-likeness (QED) is 0.209. The van der Waals surface area contributed by atoms with E-state index in [9.17, 15) is 4.79 Å². The van der Waals surface area contributed by atoms with Crippen LogP contribution in [0.1, 0.15) is 57.8 Å². The number of rotatable bonds is 6. The molecule has 0 spiro atoms. The first kappa shape index (κ1) is 21.7. The van der Waals surface area contributed by atoms with Crippen molar-refractivity contribution in [2.45, 2.75) is 69.9 Å². The number of hydrogen-bond acceptors (Lipinski definition) is 4. The minimum atomic E-state index is -0.0426. The third-order valence-electron chi connectivity index (χ3n) is 5.77. The first-order chi connectivity index (χ1) is 12.3. The van der Waals surface area contributed by atoms with E-state index in [1.165, 1.54) is 45.2 Å². The summed E-state index contributed by atoms with van der Waals surface area (Å²) in [6.07, 6.45) is 9.89. The van der Waals surface area contributed by atoms with Crippen molar-refractivity contribution in [3.8, 4) is 0 Å². The molecule has 3 fully saturated rings. The Bertz CT molecular complexity index is 462. The van der Waals surface area contributed by atoms with Gasteiger partial charge in [0.05, 0.1) is 0 Å². The highest BCUT2D eigenvalue weighted by Gasteiger charge is 2.30. The third kappa shape index (κ3) is 6.25. The number of aliphatic imine (C=N–C) groups is 1. The number of halogens is 1. The lowest BCUT2D eigenvalue weighted by atomic mass is 10.2. The Morgan fingerprint density at radius 1 is 1.12 bits per heavy atom. The predicted molar refractivity (Wildman–Crippen MR) is 115 cm³/mol. The number of nitrogens with one attached hydrogen (secondary N) is 1. The number of nitrogens with zero attached hydrogens (tertiary/aromatic N) is 3. The Morgan fingerprint density at radius 3 is 2.54 bits per heavy atom. The van der Waals surface area contributed by atoms with Crippen LogP contribution in [0, 0.1) is 0 Å². The van der Waals surface area contributed by atoms with Crippen LogP contribution in [0.4, 0.5) is 0 Å². The molecule has 6 nitrogen and oxygen atoms in total. The van der Waals surface area contributed by atoms with E-state index in [1.54, 1.807) is 0 Å². The lowest BCUT2D eigenvalue weighted by molar-refractivity contribution is -0.148. The fourth-order valence-corrected chi connectivity index (χ4v) is 4.36. The molecule has 2 aliphatic heterocycles. The zero-order valence-electron chi connectivity index (χ0n) is 16.1. The van der Waals surface area contributed by atoms with Gasteiger partial charge in [0.2, 0.25) is 0 Å². The van der Waals surface area contributed by atoms with Crippen LogP contribution >= 0.6 is 24.0 Å². The zero-order chi connectivity index (χ0) is 17.5. The molecular formula is C19H35IN4O2. The Kier molecular flexibility index (Phi) is 9.45. The lowest BCUT2D eigenvalue weighted by Crippen LogP contribution is -2.43. The van der Waals surface area contributed by atoms with Gasteiger partial charge in [0.1, 0.15) is 6.10 Å². The first-order valence-corrected chi connectivity index (χ1v) is 10.2. The molecule has 2 heterocycles. The summed E-state index contributed by atoms with van der Waals surface area (Å²) in [5.41, 5.74) is 0. The van der Waals surface area contributed by atoms with E-state index >= 15 is 0 Å². The van der Waals surface area contributed by atoms with E-state index < -0.39 is 0 Å². The van der Waals surface area contributed by atoms with E-state index in [0.717, 1.165) is 44.9 Å². The monoisotopic (exact) mass is 478 g/mol. The summed E-state index contributed by atoms with van der Waals surface area (Å²) >= 11 is 0. The summed E-state index contributed by atoms with van der Waals surface area (Å²) in [5, 5.41) is 3.42. The minimum absolute atomic E-state index is 0. The molecule has 0 aromatic heterocycles. The van der Waals surface area contributed by atoms with Crippen LogP contribution in [0.15, 0.2) is 4.99 Å². The average molecular weight is 478 g/mol. The third-order valence-corrected chi connectivity index (χ3v) is 5.77. The average Bonchev–Trinajstić information content (AvgIpc) is 3.36. The Hall–Kier alpha value is -0.570. The smallest absolute Gasteiger partial charge is 0.306 e. The minimum Gasteiger partial charge on any atom is -0.462 e. The normalized spacial score (nSPS) is 24.7. The van der Waals surface area contributed by atoms with E-state index in [2.05, 4.69) is 20.1 Å². The van der Waals surface area contributed by atoms with Crippen molar-refractivity contribution in [1.82, 2.24) is 15.1 Å². The van der Waals surface area contributed by atoms with E-state index in [-0.39, 0.29) is 36.0 Å². The molecule has 150 valence electrons. The summed E-state index contributed by atoms with van der Waals surface area (Å²) in [4.78, 5) is 21.3. The number of carbonyl (C=O) groups excluding carboxylic acids is 1. The van der Waals surface area contributed by atoms with Gasteiger partial charge < -0.3 is 15.0 Å². The van der Waals surface area contributed by atoms with Gasteiger partial charge in [0.25, 0.3) is 0 Å². The predicted octanol–water partition coefficient (Wildman–Crippen LogP) is 2.62. The lowest BCUT2D eigenvalue weighted by Gasteiger charge is -2.25. The van der Waals surface area contributed by atoms with Crippen molar-refractivity contribution >= 4 is 35.9 Å². The van der Waals surface area contributed by atoms with Gasteiger partial charge in [-0.05, 0) is 64.5 Å². The highest BCUT2D eigenvalue weighted by Crippen LogP contribution is 2.22. The molecule has 3 rings (SSSR count). The number of carbonyl (C=O) groups is 1. The van der Waals surface area contributed by atoms with Crippen molar-refractivity contribution < 1.29 is 9.53 Å². The number of esters is 1. The Labute approximate surface area is 175 Å². The second-order valence-electron chi connectivity index (χ2n) is 7.61. The van der Waals surface area contributed by atoms with Crippen LogP contribution in [0.2, 0.25) is 0 Å². The fourth-order valence-electron chi connectivity index (χ4n) is 4.36. The molecule has 1 aliphatic carbocycles. The van der Waals surface area contributed by atoms with Crippen LogP contribution in [0.3, 0.4) is 0 Å². The van der Waals surface area contributed by atoms with Gasteiger partial charge in [0.15, 0.2) is 5.96 Å². The van der Waals surface area contributed by atoms with Crippen molar-refractivity contribution in [3.05, 3.63) is 0 Å². The second-order valence-corrected chi connectivity index (χ2v) is 7.61. The summed E-state index contributed by atoms with van der Waals surface area (Å²) < 4.78 is 5.50. The SMILES string of the molecule is CN=C(NCCCC(=O)OC1CCCC1)N1CCC(N2CCCC2)C1.I. The van der Waals surface area contributed by atoms with E-state index in [4.69, 9.17) is 4.74 Å². The highest BCUT2D eigenvalue weighted by atomic mass is 127. The summed E-state index contributed by atoms with van der Waals surface area (Å²) in [6.45, 7) is 5.44. The molecule has 0 aromatic carbocycles. The van der Waals surface area contributed by atoms with Gasteiger partial charge in [-0.3, -0.25) is 14.7 Å².